The number of rotatable bonds is 4. The molecular formula is C20H16N2O3. The molecule has 4 rings (SSSR count). The van der Waals surface area contributed by atoms with E-state index in [4.69, 9.17) is 9.47 Å². The number of carbonyl (C=O) groups excluding carboxylic acids is 1. The van der Waals surface area contributed by atoms with Crippen molar-refractivity contribution in [1.29, 1.82) is 0 Å². The van der Waals surface area contributed by atoms with Crippen molar-refractivity contribution in [3.05, 3.63) is 84.4 Å². The van der Waals surface area contributed by atoms with Crippen LogP contribution in [0.5, 0.6) is 11.5 Å². The van der Waals surface area contributed by atoms with Crippen LogP contribution in [0.1, 0.15) is 10.4 Å². The zero-order valence-electron chi connectivity index (χ0n) is 13.4. The molecule has 0 saturated carbocycles. The van der Waals surface area contributed by atoms with Gasteiger partial charge in [-0.1, -0.05) is 36.4 Å². The first kappa shape index (κ1) is 15.1. The summed E-state index contributed by atoms with van der Waals surface area (Å²) >= 11 is 0. The van der Waals surface area contributed by atoms with Crippen LogP contribution in [0.25, 0.3) is 0 Å². The lowest BCUT2D eigenvalue weighted by Gasteiger charge is -2.25. The minimum absolute atomic E-state index is 0.181. The van der Waals surface area contributed by atoms with Crippen LogP contribution in [0.15, 0.2) is 78.9 Å². The first-order valence-electron chi connectivity index (χ1n) is 7.92. The molecular weight excluding hydrogens is 316 g/mol. The molecule has 124 valence electrons. The molecule has 25 heavy (non-hydrogen) atoms. The minimum atomic E-state index is -0.231. The number of anilines is 2. The molecule has 0 atom stereocenters. The fraction of sp³-hybridized carbons (Fsp3) is 0.0500. The van der Waals surface area contributed by atoms with E-state index in [0.29, 0.717) is 17.1 Å². The quantitative estimate of drug-likeness (QED) is 0.736. The van der Waals surface area contributed by atoms with Crippen LogP contribution >= 0.6 is 0 Å². The van der Waals surface area contributed by atoms with Crippen molar-refractivity contribution in [1.82, 2.24) is 5.43 Å². The number of hydrogen-bond acceptors (Lipinski definition) is 4. The van der Waals surface area contributed by atoms with E-state index < -0.39 is 0 Å². The van der Waals surface area contributed by atoms with Gasteiger partial charge in [0.15, 0.2) is 11.5 Å². The summed E-state index contributed by atoms with van der Waals surface area (Å²) in [6.45, 7) is 0.181. The predicted molar refractivity (Wildman–Crippen MR) is 95.1 cm³/mol. The second-order valence-electron chi connectivity index (χ2n) is 5.52. The molecule has 1 aliphatic rings. The summed E-state index contributed by atoms with van der Waals surface area (Å²) < 4.78 is 10.6. The molecule has 0 bridgehead atoms. The third kappa shape index (κ3) is 3.12. The van der Waals surface area contributed by atoms with Crippen molar-refractivity contribution in [3.63, 3.8) is 0 Å². The predicted octanol–water partition coefficient (Wildman–Crippen LogP) is 3.90. The normalized spacial score (nSPS) is 11.8. The molecule has 0 spiro atoms. The van der Waals surface area contributed by atoms with E-state index >= 15 is 0 Å². The van der Waals surface area contributed by atoms with Gasteiger partial charge in [0.25, 0.3) is 5.91 Å². The van der Waals surface area contributed by atoms with Gasteiger partial charge in [0, 0.05) is 5.56 Å². The van der Waals surface area contributed by atoms with Gasteiger partial charge in [0.2, 0.25) is 6.79 Å². The zero-order valence-corrected chi connectivity index (χ0v) is 13.4. The first-order valence-corrected chi connectivity index (χ1v) is 7.92. The SMILES string of the molecule is O=C(NN(c1ccccc1)c1ccccc1)c1ccc2c(c1)OCO2. The molecule has 1 heterocycles. The maximum absolute atomic E-state index is 12.8. The second kappa shape index (κ2) is 6.57. The Balaban J connectivity index is 1.63. The smallest absolute Gasteiger partial charge is 0.270 e. The topological polar surface area (TPSA) is 50.8 Å². The minimum Gasteiger partial charge on any atom is -0.454 e. The Morgan fingerprint density at radius 3 is 2.04 bits per heavy atom. The highest BCUT2D eigenvalue weighted by Gasteiger charge is 2.18. The molecule has 0 radical (unpaired) electrons. The number of fused-ring (bicyclic) bond motifs is 1. The van der Waals surface area contributed by atoms with Crippen LogP contribution in [-0.4, -0.2) is 12.7 Å². The number of nitrogens with one attached hydrogen (secondary N) is 1. The number of ether oxygens (including phenoxy) is 2. The summed E-state index contributed by atoms with van der Waals surface area (Å²) in [5.74, 6) is 1.00. The summed E-state index contributed by atoms with van der Waals surface area (Å²) in [7, 11) is 0. The standard InChI is InChI=1S/C20H16N2O3/c23-20(15-11-12-18-19(13-15)25-14-24-18)21-22(16-7-3-1-4-8-16)17-9-5-2-6-10-17/h1-13H,14H2,(H,21,23). The molecule has 5 nitrogen and oxygen atoms in total. The van der Waals surface area contributed by atoms with Gasteiger partial charge >= 0.3 is 0 Å². The average Bonchev–Trinajstić information content (AvgIpc) is 3.15. The van der Waals surface area contributed by atoms with Crippen molar-refractivity contribution in [2.75, 3.05) is 11.8 Å². The van der Waals surface area contributed by atoms with Crippen molar-refractivity contribution >= 4 is 17.3 Å². The lowest BCUT2D eigenvalue weighted by molar-refractivity contribution is 0.0953. The number of hydrogen-bond donors (Lipinski definition) is 1. The number of carbonyl (C=O) groups is 1. The Labute approximate surface area is 145 Å². The highest BCUT2D eigenvalue weighted by Crippen LogP contribution is 2.32. The zero-order chi connectivity index (χ0) is 17.1. The molecule has 1 N–H and O–H groups in total. The highest BCUT2D eigenvalue weighted by molar-refractivity contribution is 5.96. The number of nitrogens with zero attached hydrogens (tertiary/aromatic N) is 1. The molecule has 0 unspecified atom stereocenters. The third-order valence-corrected chi connectivity index (χ3v) is 3.88. The van der Waals surface area contributed by atoms with Gasteiger partial charge in [-0.2, -0.15) is 0 Å². The van der Waals surface area contributed by atoms with Crippen LogP contribution in [0.3, 0.4) is 0 Å². The fourth-order valence-electron chi connectivity index (χ4n) is 2.64. The second-order valence-corrected chi connectivity index (χ2v) is 5.52. The molecule has 3 aromatic carbocycles. The largest absolute Gasteiger partial charge is 0.454 e. The van der Waals surface area contributed by atoms with Gasteiger partial charge in [-0.25, -0.2) is 0 Å². The van der Waals surface area contributed by atoms with Crippen LogP contribution < -0.4 is 19.9 Å². The van der Waals surface area contributed by atoms with Crippen LogP contribution in [0.4, 0.5) is 11.4 Å². The van der Waals surface area contributed by atoms with E-state index in [1.165, 1.54) is 0 Å². The van der Waals surface area contributed by atoms with Gasteiger partial charge in [-0.05, 0) is 42.5 Å². The van der Waals surface area contributed by atoms with Crippen LogP contribution in [0.2, 0.25) is 0 Å². The number of para-hydroxylation sites is 2. The van der Waals surface area contributed by atoms with E-state index in [-0.39, 0.29) is 12.7 Å². The Bertz CT molecular complexity index is 842. The van der Waals surface area contributed by atoms with Crippen molar-refractivity contribution in [3.8, 4) is 11.5 Å². The summed E-state index contributed by atoms with van der Waals surface area (Å²) in [6.07, 6.45) is 0. The van der Waals surface area contributed by atoms with Gasteiger partial charge < -0.3 is 9.47 Å². The first-order chi connectivity index (χ1) is 12.3. The maximum atomic E-state index is 12.8. The Hall–Kier alpha value is -3.47. The monoisotopic (exact) mass is 332 g/mol. The van der Waals surface area contributed by atoms with E-state index in [2.05, 4.69) is 5.43 Å². The third-order valence-electron chi connectivity index (χ3n) is 3.88. The van der Waals surface area contributed by atoms with E-state index in [0.717, 1.165) is 11.4 Å². The molecule has 5 heteroatoms. The molecule has 1 aliphatic heterocycles. The Morgan fingerprint density at radius 1 is 0.800 bits per heavy atom. The lowest BCUT2D eigenvalue weighted by Crippen LogP contribution is -2.38. The van der Waals surface area contributed by atoms with Crippen molar-refractivity contribution in [2.45, 2.75) is 0 Å². The van der Waals surface area contributed by atoms with E-state index in [1.54, 1.807) is 23.2 Å². The average molecular weight is 332 g/mol. The van der Waals surface area contributed by atoms with Crippen LogP contribution in [0, 0.1) is 0 Å². The van der Waals surface area contributed by atoms with E-state index in [1.807, 2.05) is 60.7 Å². The van der Waals surface area contributed by atoms with Gasteiger partial charge in [0.1, 0.15) is 0 Å². The van der Waals surface area contributed by atoms with Gasteiger partial charge in [-0.3, -0.25) is 15.2 Å². The molecule has 0 fully saturated rings. The molecule has 1 amide bonds. The molecule has 0 aromatic heterocycles. The van der Waals surface area contributed by atoms with Gasteiger partial charge in [0.05, 0.1) is 11.4 Å². The summed E-state index contributed by atoms with van der Waals surface area (Å²) in [4.78, 5) is 12.8. The number of benzene rings is 3. The highest BCUT2D eigenvalue weighted by atomic mass is 16.7. The molecule has 0 aliphatic carbocycles. The molecule has 3 aromatic rings. The maximum Gasteiger partial charge on any atom is 0.270 e. The number of amides is 1. The van der Waals surface area contributed by atoms with Crippen LogP contribution in [-0.2, 0) is 0 Å². The summed E-state index contributed by atoms with van der Waals surface area (Å²) in [5, 5.41) is 1.76. The molecule has 0 saturated heterocycles. The summed E-state index contributed by atoms with van der Waals surface area (Å²) in [5.41, 5.74) is 5.18. The number of hydrazine groups is 1. The van der Waals surface area contributed by atoms with Crippen molar-refractivity contribution < 1.29 is 14.3 Å². The van der Waals surface area contributed by atoms with Gasteiger partial charge in [-0.15, -0.1) is 0 Å². The lowest BCUT2D eigenvalue weighted by atomic mass is 10.2. The fourth-order valence-corrected chi connectivity index (χ4v) is 2.64. The summed E-state index contributed by atoms with van der Waals surface area (Å²) in [6, 6.07) is 24.5. The van der Waals surface area contributed by atoms with Crippen molar-refractivity contribution in [2.24, 2.45) is 0 Å². The van der Waals surface area contributed by atoms with E-state index in [9.17, 15) is 4.79 Å². The Morgan fingerprint density at radius 2 is 1.40 bits per heavy atom. The Kier molecular flexibility index (Phi) is 3.96.